The Hall–Kier alpha value is -4.09. The summed E-state index contributed by atoms with van der Waals surface area (Å²) in [5.41, 5.74) is 5.63. The lowest BCUT2D eigenvalue weighted by atomic mass is 9.86. The number of pyridine rings is 1. The third-order valence-corrected chi connectivity index (χ3v) is 7.55. The van der Waals surface area contributed by atoms with E-state index in [1.54, 1.807) is 29.3 Å². The minimum atomic E-state index is -0.582. The summed E-state index contributed by atoms with van der Waals surface area (Å²) in [6.07, 6.45) is 4.49. The fourth-order valence-electron chi connectivity index (χ4n) is 5.29. The van der Waals surface area contributed by atoms with Crippen molar-refractivity contribution in [2.24, 2.45) is 0 Å². The fourth-order valence-corrected chi connectivity index (χ4v) is 5.29. The summed E-state index contributed by atoms with van der Waals surface area (Å²) in [6, 6.07) is 12.0. The molecule has 1 saturated heterocycles. The molecule has 2 aliphatic rings. The molecule has 2 amide bonds. The molecule has 0 spiro atoms. The largest absolute Gasteiger partial charge is 0.376 e. The zero-order valence-corrected chi connectivity index (χ0v) is 21.5. The second-order valence-electron chi connectivity index (χ2n) is 9.84. The lowest BCUT2D eigenvalue weighted by Crippen LogP contribution is -2.39. The number of hydrogen-bond donors (Lipinski definition) is 1. The minimum absolute atomic E-state index is 0.000400. The average molecular weight is 513 g/mol. The van der Waals surface area contributed by atoms with Gasteiger partial charge in [0.1, 0.15) is 11.9 Å². The van der Waals surface area contributed by atoms with Crippen molar-refractivity contribution in [1.82, 2.24) is 10.3 Å². The van der Waals surface area contributed by atoms with Gasteiger partial charge in [-0.05, 0) is 97.7 Å². The van der Waals surface area contributed by atoms with E-state index in [2.05, 4.69) is 16.4 Å². The predicted molar refractivity (Wildman–Crippen MR) is 141 cm³/mol. The van der Waals surface area contributed by atoms with Crippen molar-refractivity contribution >= 4 is 17.6 Å². The van der Waals surface area contributed by atoms with Gasteiger partial charge < -0.3 is 10.1 Å². The number of hydrogen-bond acceptors (Lipinski definition) is 5. The van der Waals surface area contributed by atoms with Gasteiger partial charge in [-0.1, -0.05) is 6.07 Å². The third-order valence-electron chi connectivity index (χ3n) is 7.55. The second-order valence-corrected chi connectivity index (χ2v) is 9.84. The van der Waals surface area contributed by atoms with Gasteiger partial charge in [0.2, 0.25) is 0 Å². The maximum Gasteiger partial charge on any atom is 0.259 e. The molecule has 1 fully saturated rings. The van der Waals surface area contributed by atoms with Crippen LogP contribution in [0.1, 0.15) is 66.9 Å². The molecule has 3 heterocycles. The maximum atomic E-state index is 14.9. The predicted octanol–water partition coefficient (Wildman–Crippen LogP) is 4.41. The molecule has 2 aromatic carbocycles. The normalized spacial score (nSPS) is 16.7. The van der Waals surface area contributed by atoms with E-state index >= 15 is 0 Å². The molecule has 0 unspecified atom stereocenters. The van der Waals surface area contributed by atoms with E-state index in [-0.39, 0.29) is 17.6 Å². The zero-order chi connectivity index (χ0) is 26.8. The van der Waals surface area contributed by atoms with Gasteiger partial charge in [-0.3, -0.25) is 14.5 Å². The Bertz CT molecular complexity index is 1460. The number of anilines is 1. The third kappa shape index (κ3) is 4.90. The summed E-state index contributed by atoms with van der Waals surface area (Å²) in [6.45, 7) is 5.52. The summed E-state index contributed by atoms with van der Waals surface area (Å²) >= 11 is 0. The molecule has 0 bridgehead atoms. The summed E-state index contributed by atoms with van der Waals surface area (Å²) in [5.74, 6) is -0.875. The molecule has 3 aromatic rings. The molecule has 8 heteroatoms. The van der Waals surface area contributed by atoms with E-state index in [1.165, 1.54) is 12.1 Å². The molecular formula is C30H29FN4O3. The number of nitrogens with one attached hydrogen (secondary N) is 1. The molecule has 194 valence electrons. The SMILES string of the molecule is Cc1c(Cc2ccc(C(=O)NC[C@@H]3CCCO3)c(F)c2)cc2c(c1C)CCN(c1ncccc1C#N)C2=O. The van der Waals surface area contributed by atoms with Crippen molar-refractivity contribution in [2.45, 2.75) is 45.6 Å². The quantitative estimate of drug-likeness (QED) is 0.528. The Labute approximate surface area is 221 Å². The highest BCUT2D eigenvalue weighted by Gasteiger charge is 2.30. The smallest absolute Gasteiger partial charge is 0.259 e. The number of carbonyl (C=O) groups excluding carboxylic acids is 2. The first-order valence-electron chi connectivity index (χ1n) is 12.8. The Morgan fingerprint density at radius 3 is 2.84 bits per heavy atom. The molecule has 7 nitrogen and oxygen atoms in total. The highest BCUT2D eigenvalue weighted by atomic mass is 19.1. The lowest BCUT2D eigenvalue weighted by molar-refractivity contribution is 0.0854. The Morgan fingerprint density at radius 2 is 2.11 bits per heavy atom. The molecule has 1 aromatic heterocycles. The lowest BCUT2D eigenvalue weighted by Gasteiger charge is -2.30. The van der Waals surface area contributed by atoms with Gasteiger partial charge >= 0.3 is 0 Å². The topological polar surface area (TPSA) is 95.3 Å². The molecule has 0 aliphatic carbocycles. The van der Waals surface area contributed by atoms with Crippen LogP contribution in [0, 0.1) is 31.0 Å². The summed E-state index contributed by atoms with van der Waals surface area (Å²) in [7, 11) is 0. The van der Waals surface area contributed by atoms with E-state index in [9.17, 15) is 19.2 Å². The van der Waals surface area contributed by atoms with E-state index in [0.29, 0.717) is 55.0 Å². The Morgan fingerprint density at radius 1 is 1.26 bits per heavy atom. The van der Waals surface area contributed by atoms with Gasteiger partial charge in [0, 0.05) is 31.5 Å². The number of rotatable bonds is 6. The first-order valence-corrected chi connectivity index (χ1v) is 12.8. The second kappa shape index (κ2) is 10.7. The number of benzene rings is 2. The molecule has 0 saturated carbocycles. The number of nitrogens with zero attached hydrogens (tertiary/aromatic N) is 3. The van der Waals surface area contributed by atoms with Crippen molar-refractivity contribution in [1.29, 1.82) is 5.26 Å². The number of halogens is 1. The number of ether oxygens (including phenoxy) is 1. The van der Waals surface area contributed by atoms with Crippen molar-refractivity contribution in [3.8, 4) is 6.07 Å². The molecule has 38 heavy (non-hydrogen) atoms. The van der Waals surface area contributed by atoms with Crippen LogP contribution < -0.4 is 10.2 Å². The Balaban J connectivity index is 1.38. The van der Waals surface area contributed by atoms with Crippen molar-refractivity contribution < 1.29 is 18.7 Å². The summed E-state index contributed by atoms with van der Waals surface area (Å²) < 4.78 is 20.5. The standard InChI is InChI=1S/C30H29FN4O3/c1-18-19(2)24-9-11-35(28-21(16-32)5-3-10-33-28)30(37)26(24)15-22(18)13-20-7-8-25(27(31)14-20)29(36)34-17-23-6-4-12-38-23/h3,5,7-8,10,14-15,23H,4,6,9,11-13,17H2,1-2H3,(H,34,36)/t23-/m0/s1. The van der Waals surface area contributed by atoms with Gasteiger partial charge in [-0.15, -0.1) is 0 Å². The molecule has 2 aliphatic heterocycles. The van der Waals surface area contributed by atoms with Gasteiger partial charge in [-0.2, -0.15) is 5.26 Å². The Kier molecular flexibility index (Phi) is 7.21. The first-order chi connectivity index (χ1) is 18.4. The van der Waals surface area contributed by atoms with E-state index in [4.69, 9.17) is 4.74 Å². The number of nitriles is 1. The maximum absolute atomic E-state index is 14.9. The fraction of sp³-hybridized carbons (Fsp3) is 0.333. The van der Waals surface area contributed by atoms with Crippen LogP contribution in [-0.2, 0) is 17.6 Å². The minimum Gasteiger partial charge on any atom is -0.376 e. The van der Waals surface area contributed by atoms with E-state index < -0.39 is 11.7 Å². The molecule has 5 rings (SSSR count). The van der Waals surface area contributed by atoms with Crippen LogP contribution in [0.15, 0.2) is 42.6 Å². The number of fused-ring (bicyclic) bond motifs is 1. The van der Waals surface area contributed by atoms with Crippen molar-refractivity contribution in [2.75, 3.05) is 24.6 Å². The summed E-state index contributed by atoms with van der Waals surface area (Å²) in [4.78, 5) is 31.9. The molecular weight excluding hydrogens is 483 g/mol. The van der Waals surface area contributed by atoms with Crippen molar-refractivity contribution in [3.63, 3.8) is 0 Å². The average Bonchev–Trinajstić information content (AvgIpc) is 3.45. The highest BCUT2D eigenvalue weighted by molar-refractivity contribution is 6.08. The van der Waals surface area contributed by atoms with Crippen LogP contribution in [0.25, 0.3) is 0 Å². The van der Waals surface area contributed by atoms with Crippen LogP contribution in [0.5, 0.6) is 0 Å². The summed E-state index contributed by atoms with van der Waals surface area (Å²) in [5, 5.41) is 12.2. The van der Waals surface area contributed by atoms with Crippen LogP contribution in [0.2, 0.25) is 0 Å². The first kappa shape index (κ1) is 25.6. The number of amides is 2. The van der Waals surface area contributed by atoms with Crippen LogP contribution in [-0.4, -0.2) is 42.6 Å². The molecule has 1 atom stereocenters. The van der Waals surface area contributed by atoms with Gasteiger partial charge in [0.15, 0.2) is 5.82 Å². The van der Waals surface area contributed by atoms with Crippen LogP contribution >= 0.6 is 0 Å². The van der Waals surface area contributed by atoms with Gasteiger partial charge in [0.25, 0.3) is 11.8 Å². The van der Waals surface area contributed by atoms with E-state index in [1.807, 2.05) is 19.9 Å². The zero-order valence-electron chi connectivity index (χ0n) is 21.5. The van der Waals surface area contributed by atoms with E-state index in [0.717, 1.165) is 35.1 Å². The van der Waals surface area contributed by atoms with Crippen LogP contribution in [0.3, 0.4) is 0 Å². The van der Waals surface area contributed by atoms with Gasteiger partial charge in [0.05, 0.1) is 17.2 Å². The number of aromatic nitrogens is 1. The molecule has 0 radical (unpaired) electrons. The van der Waals surface area contributed by atoms with Gasteiger partial charge in [-0.25, -0.2) is 9.37 Å². The monoisotopic (exact) mass is 512 g/mol. The van der Waals surface area contributed by atoms with Crippen molar-refractivity contribution in [3.05, 3.63) is 92.9 Å². The van der Waals surface area contributed by atoms with Crippen LogP contribution in [0.4, 0.5) is 10.2 Å². The highest BCUT2D eigenvalue weighted by Crippen LogP contribution is 2.31. The number of carbonyl (C=O) groups is 2. The molecule has 1 N–H and O–H groups in total.